The molecule has 1 heterocycles. The van der Waals surface area contributed by atoms with Crippen LogP contribution in [0.25, 0.3) is 0 Å². The van der Waals surface area contributed by atoms with Crippen LogP contribution in [-0.4, -0.2) is 49.3 Å². The van der Waals surface area contributed by atoms with Gasteiger partial charge in [0.05, 0.1) is 13.3 Å². The van der Waals surface area contributed by atoms with Crippen molar-refractivity contribution in [1.82, 2.24) is 10.3 Å². The van der Waals surface area contributed by atoms with E-state index in [1.807, 2.05) is 0 Å². The van der Waals surface area contributed by atoms with Gasteiger partial charge in [-0.2, -0.15) is 5.10 Å². The van der Waals surface area contributed by atoms with Gasteiger partial charge in [-0.25, -0.2) is 9.80 Å². The minimum Gasteiger partial charge on any atom is -0.493 e. The zero-order valence-corrected chi connectivity index (χ0v) is 11.7. The van der Waals surface area contributed by atoms with Crippen molar-refractivity contribution in [3.05, 3.63) is 23.8 Å². The number of primary amides is 1. The molecule has 0 aliphatic carbocycles. The van der Waals surface area contributed by atoms with Crippen molar-refractivity contribution >= 4 is 24.1 Å². The number of nitrogens with zero attached hydrogens (tertiary/aromatic N) is 2. The molecule has 0 atom stereocenters. The van der Waals surface area contributed by atoms with Crippen LogP contribution < -0.4 is 20.5 Å². The highest BCUT2D eigenvalue weighted by atomic mass is 16.5. The third-order valence-corrected chi connectivity index (χ3v) is 2.68. The molecular weight excluding hydrogens is 292 g/mol. The van der Waals surface area contributed by atoms with E-state index in [0.717, 1.165) is 5.01 Å². The van der Waals surface area contributed by atoms with Crippen molar-refractivity contribution in [2.45, 2.75) is 0 Å². The maximum atomic E-state index is 11.3. The predicted molar refractivity (Wildman–Crippen MR) is 75.5 cm³/mol. The molecule has 1 saturated heterocycles. The van der Waals surface area contributed by atoms with Crippen LogP contribution in [0.3, 0.4) is 0 Å². The quantitative estimate of drug-likeness (QED) is 0.539. The number of benzene rings is 1. The van der Waals surface area contributed by atoms with E-state index in [9.17, 15) is 14.4 Å². The summed E-state index contributed by atoms with van der Waals surface area (Å²) in [5, 5.41) is 7.02. The van der Waals surface area contributed by atoms with Crippen molar-refractivity contribution in [3.63, 3.8) is 0 Å². The van der Waals surface area contributed by atoms with Crippen molar-refractivity contribution < 1.29 is 23.9 Å². The molecular formula is C13H14N4O5. The topological polar surface area (TPSA) is 123 Å². The number of methoxy groups -OCH3 is 1. The van der Waals surface area contributed by atoms with E-state index in [0.29, 0.717) is 17.1 Å². The predicted octanol–water partition coefficient (Wildman–Crippen LogP) is -0.555. The average Bonchev–Trinajstić information content (AvgIpc) is 2.81. The summed E-state index contributed by atoms with van der Waals surface area (Å²) in [6, 6.07) is 4.26. The molecule has 0 radical (unpaired) electrons. The van der Waals surface area contributed by atoms with Crippen molar-refractivity contribution in [3.8, 4) is 11.5 Å². The smallest absolute Gasteiger partial charge is 0.344 e. The van der Waals surface area contributed by atoms with Crippen molar-refractivity contribution in [1.29, 1.82) is 0 Å². The van der Waals surface area contributed by atoms with Gasteiger partial charge in [-0.3, -0.25) is 14.9 Å². The molecule has 3 N–H and O–H groups in total. The molecule has 1 aromatic rings. The lowest BCUT2D eigenvalue weighted by Crippen LogP contribution is -2.24. The fourth-order valence-corrected chi connectivity index (χ4v) is 1.69. The van der Waals surface area contributed by atoms with E-state index >= 15 is 0 Å². The Kier molecular flexibility index (Phi) is 4.57. The number of nitrogens with one attached hydrogen (secondary N) is 1. The molecule has 1 fully saturated rings. The van der Waals surface area contributed by atoms with Gasteiger partial charge in [0.25, 0.3) is 5.91 Å². The molecule has 0 aromatic heterocycles. The van der Waals surface area contributed by atoms with Gasteiger partial charge in [-0.1, -0.05) is 0 Å². The standard InChI is InChI=1S/C13H14N4O5/c1-21-10-4-8(2-3-9(10)22-7-11(14)18)5-15-17-6-12(19)16-13(17)20/h2-5H,6-7H2,1H3,(H2,14,18)(H,16,19,20)/b15-5+. The second-order valence-corrected chi connectivity index (χ2v) is 4.32. The van der Waals surface area contributed by atoms with Gasteiger partial charge in [0.2, 0.25) is 5.91 Å². The molecule has 2 rings (SSSR count). The summed E-state index contributed by atoms with van der Waals surface area (Å²) in [4.78, 5) is 33.1. The minimum atomic E-state index is -0.600. The van der Waals surface area contributed by atoms with Gasteiger partial charge in [-0.05, 0) is 23.8 Å². The first-order valence-electron chi connectivity index (χ1n) is 6.24. The molecule has 1 aliphatic heterocycles. The van der Waals surface area contributed by atoms with Crippen LogP contribution in [0.1, 0.15) is 5.56 Å². The van der Waals surface area contributed by atoms with Crippen LogP contribution in [0.15, 0.2) is 23.3 Å². The van der Waals surface area contributed by atoms with E-state index in [4.69, 9.17) is 15.2 Å². The summed E-state index contributed by atoms with van der Waals surface area (Å²) in [5.41, 5.74) is 5.63. The lowest BCUT2D eigenvalue weighted by Gasteiger charge is -2.10. The Labute approximate surface area is 125 Å². The number of ether oxygens (including phenoxy) is 2. The van der Waals surface area contributed by atoms with Crippen molar-refractivity contribution in [2.75, 3.05) is 20.3 Å². The Morgan fingerprint density at radius 3 is 2.82 bits per heavy atom. The molecule has 22 heavy (non-hydrogen) atoms. The van der Waals surface area contributed by atoms with Crippen LogP contribution in [0.4, 0.5) is 4.79 Å². The maximum Gasteiger partial charge on any atom is 0.344 e. The highest BCUT2D eigenvalue weighted by Gasteiger charge is 2.25. The summed E-state index contributed by atoms with van der Waals surface area (Å²) >= 11 is 0. The Bertz CT molecular complexity index is 643. The molecule has 4 amide bonds. The van der Waals surface area contributed by atoms with Gasteiger partial charge in [0, 0.05) is 0 Å². The SMILES string of the molecule is COc1cc(/C=N/N2CC(=O)NC2=O)ccc1OCC(N)=O. The van der Waals surface area contributed by atoms with Gasteiger partial charge < -0.3 is 15.2 Å². The van der Waals surface area contributed by atoms with Crippen LogP contribution in [0.5, 0.6) is 11.5 Å². The summed E-state index contributed by atoms with van der Waals surface area (Å²) in [6.07, 6.45) is 1.40. The molecule has 1 aliphatic rings. The monoisotopic (exact) mass is 306 g/mol. The largest absolute Gasteiger partial charge is 0.493 e. The number of rotatable bonds is 6. The maximum absolute atomic E-state index is 11.3. The molecule has 116 valence electrons. The van der Waals surface area contributed by atoms with Crippen LogP contribution in [-0.2, 0) is 9.59 Å². The molecule has 9 nitrogen and oxygen atoms in total. The zero-order valence-electron chi connectivity index (χ0n) is 11.7. The lowest BCUT2D eigenvalue weighted by molar-refractivity contribution is -0.120. The second kappa shape index (κ2) is 6.57. The Morgan fingerprint density at radius 1 is 1.45 bits per heavy atom. The molecule has 0 bridgehead atoms. The number of imide groups is 1. The number of carbonyl (C=O) groups is 3. The second-order valence-electron chi connectivity index (χ2n) is 4.32. The third-order valence-electron chi connectivity index (χ3n) is 2.68. The highest BCUT2D eigenvalue weighted by Crippen LogP contribution is 2.27. The van der Waals surface area contributed by atoms with Gasteiger partial charge in [0.1, 0.15) is 6.54 Å². The number of hydrogen-bond donors (Lipinski definition) is 2. The van der Waals surface area contributed by atoms with E-state index in [2.05, 4.69) is 10.4 Å². The lowest BCUT2D eigenvalue weighted by atomic mass is 10.2. The van der Waals surface area contributed by atoms with E-state index in [1.54, 1.807) is 18.2 Å². The van der Waals surface area contributed by atoms with Crippen molar-refractivity contribution in [2.24, 2.45) is 10.8 Å². The molecule has 0 unspecified atom stereocenters. The van der Waals surface area contributed by atoms with Gasteiger partial charge in [-0.15, -0.1) is 0 Å². The Morgan fingerprint density at radius 2 is 2.23 bits per heavy atom. The van der Waals surface area contributed by atoms with E-state index < -0.39 is 17.8 Å². The molecule has 0 saturated carbocycles. The number of amides is 4. The van der Waals surface area contributed by atoms with E-state index in [1.165, 1.54) is 13.3 Å². The molecule has 9 heteroatoms. The molecule has 1 aromatic carbocycles. The normalized spacial score (nSPS) is 14.3. The summed E-state index contributed by atoms with van der Waals surface area (Å²) in [5.74, 6) is -0.271. The van der Waals surface area contributed by atoms with E-state index in [-0.39, 0.29) is 13.2 Å². The summed E-state index contributed by atoms with van der Waals surface area (Å²) in [6.45, 7) is -0.383. The Hall–Kier alpha value is -3.10. The number of hydrazone groups is 1. The summed E-state index contributed by atoms with van der Waals surface area (Å²) < 4.78 is 10.3. The first-order chi connectivity index (χ1) is 10.5. The Balaban J connectivity index is 2.10. The minimum absolute atomic E-state index is 0.119. The fourth-order valence-electron chi connectivity index (χ4n) is 1.69. The summed E-state index contributed by atoms with van der Waals surface area (Å²) in [7, 11) is 1.44. The zero-order chi connectivity index (χ0) is 16.1. The van der Waals surface area contributed by atoms with Gasteiger partial charge >= 0.3 is 6.03 Å². The van der Waals surface area contributed by atoms with Crippen LogP contribution >= 0.6 is 0 Å². The first kappa shape index (κ1) is 15.3. The molecule has 0 spiro atoms. The number of nitrogens with two attached hydrogens (primary N) is 1. The van der Waals surface area contributed by atoms with Crippen LogP contribution in [0, 0.1) is 0 Å². The number of carbonyl (C=O) groups excluding carboxylic acids is 3. The number of hydrogen-bond acceptors (Lipinski definition) is 6. The number of urea groups is 1. The first-order valence-corrected chi connectivity index (χ1v) is 6.24. The third kappa shape index (κ3) is 3.72. The van der Waals surface area contributed by atoms with Gasteiger partial charge in [0.15, 0.2) is 18.1 Å². The fraction of sp³-hybridized carbons (Fsp3) is 0.231. The van der Waals surface area contributed by atoms with Crippen LogP contribution in [0.2, 0.25) is 0 Å². The average molecular weight is 306 g/mol. The highest BCUT2D eigenvalue weighted by molar-refractivity contribution is 6.02.